The number of anilines is 1. The number of carboxylic acids is 1. The van der Waals surface area contributed by atoms with Crippen molar-refractivity contribution in [3.8, 4) is 5.75 Å². The summed E-state index contributed by atoms with van der Waals surface area (Å²) in [7, 11) is 0. The molecule has 238 valence electrons. The fourth-order valence-electron chi connectivity index (χ4n) is 4.86. The van der Waals surface area contributed by atoms with Gasteiger partial charge in [0.2, 0.25) is 0 Å². The number of rotatable bonds is 11. The monoisotopic (exact) mass is 625 g/mol. The van der Waals surface area contributed by atoms with E-state index in [4.69, 9.17) is 5.11 Å². The fourth-order valence-corrected chi connectivity index (χ4v) is 4.86. The lowest BCUT2D eigenvalue weighted by Gasteiger charge is -2.26. The lowest BCUT2D eigenvalue weighted by molar-refractivity contribution is -0.274. The van der Waals surface area contributed by atoms with Gasteiger partial charge in [0.1, 0.15) is 5.75 Å². The van der Waals surface area contributed by atoms with E-state index in [0.717, 1.165) is 31.2 Å². The van der Waals surface area contributed by atoms with Crippen LogP contribution in [-0.2, 0) is 11.3 Å². The van der Waals surface area contributed by atoms with Crippen molar-refractivity contribution in [2.45, 2.75) is 57.7 Å². The topological polar surface area (TPSA) is 128 Å². The summed E-state index contributed by atoms with van der Waals surface area (Å²) in [5, 5.41) is 23.4. The summed E-state index contributed by atoms with van der Waals surface area (Å²) in [5.74, 6) is -2.38. The van der Waals surface area contributed by atoms with E-state index in [9.17, 15) is 32.7 Å². The number of aliphatic hydroxyl groups is 1. The number of carbonyl (C=O) groups is 3. The van der Waals surface area contributed by atoms with E-state index in [-0.39, 0.29) is 17.9 Å². The third kappa shape index (κ3) is 9.57. The van der Waals surface area contributed by atoms with Gasteiger partial charge in [0.15, 0.2) is 6.10 Å². The van der Waals surface area contributed by atoms with Gasteiger partial charge >= 0.3 is 18.4 Å². The average Bonchev–Trinajstić information content (AvgIpc) is 3.02. The number of carboxylic acid groups (broad SMARTS) is 1. The zero-order valence-corrected chi connectivity index (χ0v) is 24.5. The van der Waals surface area contributed by atoms with Crippen LogP contribution in [0, 0.1) is 0 Å². The Labute approximate surface area is 258 Å². The summed E-state index contributed by atoms with van der Waals surface area (Å²) >= 11 is 0. The van der Waals surface area contributed by atoms with Crippen molar-refractivity contribution in [2.24, 2.45) is 0 Å². The molecule has 0 saturated heterocycles. The van der Waals surface area contributed by atoms with Gasteiger partial charge in [-0.1, -0.05) is 42.5 Å². The number of nitrogens with zero attached hydrogens (tertiary/aromatic N) is 1. The Bertz CT molecular complexity index is 1510. The normalized spacial score (nSPS) is 14.5. The molecule has 3 aromatic carbocycles. The minimum absolute atomic E-state index is 0.124. The average molecular weight is 626 g/mol. The second-order valence-electron chi connectivity index (χ2n) is 10.7. The first-order chi connectivity index (χ1) is 21.4. The van der Waals surface area contributed by atoms with Crippen LogP contribution in [0.1, 0.15) is 65.7 Å². The number of benzene rings is 3. The molecule has 9 nitrogen and oxygen atoms in total. The molecule has 2 atom stereocenters. The van der Waals surface area contributed by atoms with Gasteiger partial charge < -0.3 is 25.6 Å². The van der Waals surface area contributed by atoms with Gasteiger partial charge in [0, 0.05) is 11.3 Å². The molecule has 45 heavy (non-hydrogen) atoms. The van der Waals surface area contributed by atoms with E-state index in [1.165, 1.54) is 46.9 Å². The van der Waals surface area contributed by atoms with Crippen molar-refractivity contribution < 1.29 is 42.5 Å². The molecule has 0 spiro atoms. The summed E-state index contributed by atoms with van der Waals surface area (Å²) in [6.07, 6.45) is -0.00142. The number of amides is 3. The number of halogens is 3. The molecular formula is C33H34F3N3O6. The number of hydrogen-bond donors (Lipinski definition) is 4. The summed E-state index contributed by atoms with van der Waals surface area (Å²) in [6, 6.07) is 18.3. The minimum atomic E-state index is -4.81. The Kier molecular flexibility index (Phi) is 10.8. The van der Waals surface area contributed by atoms with Crippen LogP contribution in [0.2, 0.25) is 0 Å². The van der Waals surface area contributed by atoms with E-state index in [1.807, 2.05) is 24.3 Å². The number of allylic oxidation sites excluding steroid dienone is 2. The van der Waals surface area contributed by atoms with E-state index in [1.54, 1.807) is 19.1 Å². The standard InChI is InChI=1S/C33H34F3N3O6/c1-21(23-13-17-28(18-14-23)45-33(34,35)36)38-32(44)39(27-15-11-25(12-16-27)24-5-3-2-4-6-24)20-22-7-9-26(10-8-22)30(41)37-19-29(40)31(42)43/h5,7-18,21,29,40H,2-4,6,19-20H2,1H3,(H,37,41)(H,38,44)(H,42,43)/t21?,29-/m1/s1. The lowest BCUT2D eigenvalue weighted by Crippen LogP contribution is -2.40. The highest BCUT2D eigenvalue weighted by molar-refractivity contribution is 5.95. The summed E-state index contributed by atoms with van der Waals surface area (Å²) < 4.78 is 41.6. The number of aliphatic carboxylic acids is 1. The molecule has 0 bridgehead atoms. The first-order valence-electron chi connectivity index (χ1n) is 14.4. The molecule has 0 saturated carbocycles. The van der Waals surface area contributed by atoms with Crippen LogP contribution in [0.5, 0.6) is 5.75 Å². The SMILES string of the molecule is CC(NC(=O)N(Cc1ccc(C(=O)NC[C@@H](O)C(=O)O)cc1)c1ccc(C2=CCCCC2)cc1)c1ccc(OC(F)(F)F)cc1. The zero-order chi connectivity index (χ0) is 32.6. The molecule has 0 aromatic heterocycles. The number of alkyl halides is 3. The quantitative estimate of drug-likeness (QED) is 0.201. The predicted molar refractivity (Wildman–Crippen MR) is 162 cm³/mol. The van der Waals surface area contributed by atoms with E-state index < -0.39 is 43.0 Å². The van der Waals surface area contributed by atoms with Crippen LogP contribution in [0.25, 0.3) is 5.57 Å². The highest BCUT2D eigenvalue weighted by Crippen LogP contribution is 2.29. The third-order valence-corrected chi connectivity index (χ3v) is 7.34. The maximum Gasteiger partial charge on any atom is 0.573 e. The molecule has 3 aromatic rings. The van der Waals surface area contributed by atoms with Crippen molar-refractivity contribution in [3.63, 3.8) is 0 Å². The van der Waals surface area contributed by atoms with Crippen molar-refractivity contribution in [1.82, 2.24) is 10.6 Å². The van der Waals surface area contributed by atoms with Crippen LogP contribution in [0.4, 0.5) is 23.7 Å². The zero-order valence-electron chi connectivity index (χ0n) is 24.5. The van der Waals surface area contributed by atoms with Crippen LogP contribution >= 0.6 is 0 Å². The van der Waals surface area contributed by atoms with Gasteiger partial charge in [0.05, 0.1) is 19.1 Å². The van der Waals surface area contributed by atoms with Gasteiger partial charge in [-0.15, -0.1) is 13.2 Å². The summed E-state index contributed by atoms with van der Waals surface area (Å²) in [4.78, 5) is 38.3. The fraction of sp³-hybridized carbons (Fsp3) is 0.303. The lowest BCUT2D eigenvalue weighted by atomic mass is 9.93. The molecule has 3 amide bonds. The maximum absolute atomic E-state index is 13.6. The van der Waals surface area contributed by atoms with Gasteiger partial charge in [-0.2, -0.15) is 0 Å². The number of urea groups is 1. The van der Waals surface area contributed by atoms with Crippen molar-refractivity contribution in [1.29, 1.82) is 0 Å². The number of carbonyl (C=O) groups excluding carboxylic acids is 2. The van der Waals surface area contributed by atoms with Crippen LogP contribution in [-0.4, -0.2) is 47.1 Å². The first kappa shape index (κ1) is 33.1. The molecule has 0 radical (unpaired) electrons. The Morgan fingerprint density at radius 3 is 2.20 bits per heavy atom. The summed E-state index contributed by atoms with van der Waals surface area (Å²) in [5.41, 5.74) is 4.45. The molecule has 4 N–H and O–H groups in total. The van der Waals surface area contributed by atoms with Gasteiger partial charge in [0.25, 0.3) is 5.91 Å². The van der Waals surface area contributed by atoms with E-state index >= 15 is 0 Å². The van der Waals surface area contributed by atoms with Crippen molar-refractivity contribution in [3.05, 3.63) is 101 Å². The molecule has 0 fully saturated rings. The second-order valence-corrected chi connectivity index (χ2v) is 10.7. The van der Waals surface area contributed by atoms with Crippen LogP contribution < -0.4 is 20.3 Å². The molecular weight excluding hydrogens is 591 g/mol. The summed E-state index contributed by atoms with van der Waals surface area (Å²) in [6.45, 7) is 1.38. The third-order valence-electron chi connectivity index (χ3n) is 7.34. The molecule has 1 aliphatic carbocycles. The predicted octanol–water partition coefficient (Wildman–Crippen LogP) is 6.20. The second kappa shape index (κ2) is 14.8. The number of ether oxygens (including phenoxy) is 1. The van der Waals surface area contributed by atoms with Crippen molar-refractivity contribution >= 4 is 29.2 Å². The van der Waals surface area contributed by atoms with E-state index in [2.05, 4.69) is 21.4 Å². The van der Waals surface area contributed by atoms with Crippen molar-refractivity contribution in [2.75, 3.05) is 11.4 Å². The molecule has 1 aliphatic rings. The molecule has 12 heteroatoms. The first-order valence-corrected chi connectivity index (χ1v) is 14.4. The Morgan fingerprint density at radius 2 is 1.62 bits per heavy atom. The molecule has 4 rings (SSSR count). The van der Waals surface area contributed by atoms with E-state index in [0.29, 0.717) is 16.8 Å². The highest BCUT2D eigenvalue weighted by Gasteiger charge is 2.31. The van der Waals surface area contributed by atoms with Gasteiger partial charge in [-0.3, -0.25) is 9.69 Å². The Morgan fingerprint density at radius 1 is 0.956 bits per heavy atom. The molecule has 0 aliphatic heterocycles. The smallest absolute Gasteiger partial charge is 0.479 e. The van der Waals surface area contributed by atoms with Gasteiger partial charge in [-0.05, 0) is 91.3 Å². The minimum Gasteiger partial charge on any atom is -0.479 e. The molecule has 0 heterocycles. The maximum atomic E-state index is 13.6. The largest absolute Gasteiger partial charge is 0.573 e. The molecule has 1 unspecified atom stereocenters. The number of aliphatic hydroxyl groups excluding tert-OH is 1. The highest BCUT2D eigenvalue weighted by atomic mass is 19.4. The number of nitrogens with one attached hydrogen (secondary N) is 2. The van der Waals surface area contributed by atoms with Crippen LogP contribution in [0.3, 0.4) is 0 Å². The Hall–Kier alpha value is -4.84. The van der Waals surface area contributed by atoms with Crippen LogP contribution in [0.15, 0.2) is 78.9 Å². The number of hydrogen-bond acceptors (Lipinski definition) is 5. The van der Waals surface area contributed by atoms with Gasteiger partial charge in [-0.25, -0.2) is 9.59 Å². The Balaban J connectivity index is 1.51.